The van der Waals surface area contributed by atoms with E-state index in [9.17, 15) is 22.8 Å². The fraction of sp³-hybridized carbons (Fsp3) is 0.457. The summed E-state index contributed by atoms with van der Waals surface area (Å²) in [7, 11) is 0. The van der Waals surface area contributed by atoms with Crippen LogP contribution in [0.5, 0.6) is 0 Å². The first-order valence-electron chi connectivity index (χ1n) is 16.1. The lowest BCUT2D eigenvalue weighted by molar-refractivity contribution is -0.151. The van der Waals surface area contributed by atoms with Gasteiger partial charge in [-0.1, -0.05) is 35.5 Å². The van der Waals surface area contributed by atoms with Gasteiger partial charge >= 0.3 is 6.18 Å². The predicted molar refractivity (Wildman–Crippen MR) is 171 cm³/mol. The molecule has 2 aromatic heterocycles. The number of morpholine rings is 1. The van der Waals surface area contributed by atoms with Crippen LogP contribution in [0.25, 0.3) is 0 Å². The Labute approximate surface area is 277 Å². The van der Waals surface area contributed by atoms with Gasteiger partial charge in [0, 0.05) is 35.8 Å². The van der Waals surface area contributed by atoms with Gasteiger partial charge in [0.25, 0.3) is 11.8 Å². The maximum absolute atomic E-state index is 13.7. The van der Waals surface area contributed by atoms with E-state index < -0.39 is 23.4 Å². The van der Waals surface area contributed by atoms with Gasteiger partial charge in [0.15, 0.2) is 6.10 Å². The number of carbonyl (C=O) groups excluding carboxylic acids is 2. The fourth-order valence-corrected chi connectivity index (χ4v) is 6.85. The summed E-state index contributed by atoms with van der Waals surface area (Å²) in [6.07, 6.45) is -2.89. The molecule has 48 heavy (non-hydrogen) atoms. The maximum Gasteiger partial charge on any atom is 0.416 e. The van der Waals surface area contributed by atoms with Gasteiger partial charge in [-0.15, -0.1) is 5.10 Å². The molecule has 0 aliphatic carbocycles. The molecule has 13 heteroatoms. The summed E-state index contributed by atoms with van der Waals surface area (Å²) in [5.41, 5.74) is 4.61. The van der Waals surface area contributed by atoms with E-state index in [2.05, 4.69) is 22.3 Å². The first kappa shape index (κ1) is 33.4. The van der Waals surface area contributed by atoms with Gasteiger partial charge in [-0.3, -0.25) is 14.3 Å². The Hall–Kier alpha value is -4.52. The number of carbonyl (C=O) groups is 2. The van der Waals surface area contributed by atoms with Crippen molar-refractivity contribution in [3.63, 3.8) is 0 Å². The SMILES string of the molecule is Cc1nn(Cc2cn(Cc3ccc(C(=O)N4CCOC(C(=O)N5CCC(c6cccc(C(F)(F)F)c6)C5(C)C)C4)cc3)nn2)c(C)c1C. The van der Waals surface area contributed by atoms with E-state index in [-0.39, 0.29) is 30.9 Å². The number of aryl methyl sites for hydroxylation is 1. The Bertz CT molecular complexity index is 1810. The molecule has 0 radical (unpaired) electrons. The average molecular weight is 664 g/mol. The highest BCUT2D eigenvalue weighted by Crippen LogP contribution is 2.43. The van der Waals surface area contributed by atoms with Crippen LogP contribution >= 0.6 is 0 Å². The van der Waals surface area contributed by atoms with Crippen LogP contribution in [0.15, 0.2) is 54.7 Å². The Kier molecular flexibility index (Phi) is 8.92. The van der Waals surface area contributed by atoms with Gasteiger partial charge in [0.05, 0.1) is 43.7 Å². The molecule has 0 spiro atoms. The topological polar surface area (TPSA) is 98.4 Å². The summed E-state index contributed by atoms with van der Waals surface area (Å²) in [6.45, 7) is 11.9. The molecule has 2 fully saturated rings. The molecule has 0 saturated carbocycles. The fourth-order valence-electron chi connectivity index (χ4n) is 6.85. The maximum atomic E-state index is 13.7. The summed E-state index contributed by atoms with van der Waals surface area (Å²) >= 11 is 0. The molecule has 2 aliphatic rings. The van der Waals surface area contributed by atoms with Crippen molar-refractivity contribution in [1.82, 2.24) is 34.6 Å². The standard InChI is InChI=1S/C35H40F3N7O3/c1-22-23(2)40-45(24(22)3)20-29-19-43(41-39-29)18-25-9-11-26(12-10-25)32(46)42-15-16-48-31(21-42)33(47)44-14-13-30(34(44,4)5)27-7-6-8-28(17-27)35(36,37)38/h6-12,17,19,30-31H,13-16,18,20-21H2,1-5H3. The number of rotatable bonds is 7. The quantitative estimate of drug-likeness (QED) is 0.271. The van der Waals surface area contributed by atoms with Crippen LogP contribution in [0.1, 0.15) is 75.9 Å². The summed E-state index contributed by atoms with van der Waals surface area (Å²) in [5, 5.41) is 13.1. The van der Waals surface area contributed by atoms with E-state index >= 15 is 0 Å². The van der Waals surface area contributed by atoms with E-state index in [4.69, 9.17) is 4.74 Å². The van der Waals surface area contributed by atoms with Crippen LogP contribution < -0.4 is 0 Å². The Morgan fingerprint density at radius 2 is 1.77 bits per heavy atom. The largest absolute Gasteiger partial charge is 0.416 e. The predicted octanol–water partition coefficient (Wildman–Crippen LogP) is 5.15. The number of nitrogens with zero attached hydrogens (tertiary/aromatic N) is 7. The molecule has 6 rings (SSSR count). The van der Waals surface area contributed by atoms with E-state index in [1.165, 1.54) is 12.1 Å². The number of ether oxygens (including phenoxy) is 1. The third-order valence-corrected chi connectivity index (χ3v) is 9.89. The number of alkyl halides is 3. The second-order valence-corrected chi connectivity index (χ2v) is 13.3. The highest BCUT2D eigenvalue weighted by atomic mass is 19.4. The van der Waals surface area contributed by atoms with Crippen molar-refractivity contribution in [3.05, 3.63) is 99.6 Å². The van der Waals surface area contributed by atoms with E-state index in [1.807, 2.05) is 50.7 Å². The molecule has 2 atom stereocenters. The van der Waals surface area contributed by atoms with Crippen LogP contribution in [0.4, 0.5) is 13.2 Å². The second kappa shape index (κ2) is 12.8. The molecule has 254 valence electrons. The third kappa shape index (κ3) is 6.60. The lowest BCUT2D eigenvalue weighted by Crippen LogP contribution is -2.56. The monoisotopic (exact) mass is 663 g/mol. The molecule has 0 N–H and O–H groups in total. The first-order valence-corrected chi connectivity index (χ1v) is 16.1. The third-order valence-electron chi connectivity index (χ3n) is 9.89. The second-order valence-electron chi connectivity index (χ2n) is 13.3. The van der Waals surface area contributed by atoms with Crippen molar-refractivity contribution in [2.45, 2.75) is 77.9 Å². The molecule has 2 amide bonds. The van der Waals surface area contributed by atoms with Crippen molar-refractivity contribution >= 4 is 11.8 Å². The van der Waals surface area contributed by atoms with E-state index in [0.29, 0.717) is 43.7 Å². The van der Waals surface area contributed by atoms with Crippen molar-refractivity contribution in [2.75, 3.05) is 26.2 Å². The number of aromatic nitrogens is 5. The number of halogens is 3. The van der Waals surface area contributed by atoms with Crippen LogP contribution in [0, 0.1) is 20.8 Å². The minimum Gasteiger partial charge on any atom is -0.365 e. The van der Waals surface area contributed by atoms with Crippen molar-refractivity contribution in [2.24, 2.45) is 0 Å². The Morgan fingerprint density at radius 3 is 2.46 bits per heavy atom. The number of likely N-dealkylation sites (tertiary alicyclic amines) is 1. The van der Waals surface area contributed by atoms with Gasteiger partial charge in [0.2, 0.25) is 0 Å². The summed E-state index contributed by atoms with van der Waals surface area (Å²) < 4.78 is 49.7. The van der Waals surface area contributed by atoms with Crippen molar-refractivity contribution in [3.8, 4) is 0 Å². The number of benzene rings is 2. The Balaban J connectivity index is 1.07. The minimum absolute atomic E-state index is 0.0940. The first-order chi connectivity index (χ1) is 22.7. The minimum atomic E-state index is -4.44. The number of hydrogen-bond donors (Lipinski definition) is 0. The normalized spacial score (nSPS) is 19.6. The molecule has 4 heterocycles. The summed E-state index contributed by atoms with van der Waals surface area (Å²) in [4.78, 5) is 30.5. The molecular formula is C35H40F3N7O3. The lowest BCUT2D eigenvalue weighted by atomic mass is 9.82. The van der Waals surface area contributed by atoms with Crippen molar-refractivity contribution in [1.29, 1.82) is 0 Å². The zero-order valence-corrected chi connectivity index (χ0v) is 27.8. The van der Waals surface area contributed by atoms with Gasteiger partial charge in [-0.2, -0.15) is 18.3 Å². The molecular weight excluding hydrogens is 623 g/mol. The van der Waals surface area contributed by atoms with E-state index in [0.717, 1.165) is 34.3 Å². The van der Waals surface area contributed by atoms with Crippen LogP contribution in [0.2, 0.25) is 0 Å². The molecule has 2 aliphatic heterocycles. The van der Waals surface area contributed by atoms with Gasteiger partial charge in [0.1, 0.15) is 5.69 Å². The van der Waals surface area contributed by atoms with Crippen LogP contribution in [-0.4, -0.2) is 84.3 Å². The van der Waals surface area contributed by atoms with Gasteiger partial charge in [-0.25, -0.2) is 4.68 Å². The average Bonchev–Trinajstić information content (AvgIpc) is 3.71. The zero-order chi connectivity index (χ0) is 34.4. The van der Waals surface area contributed by atoms with Crippen LogP contribution in [-0.2, 0) is 28.8 Å². The lowest BCUT2D eigenvalue weighted by Gasteiger charge is -2.40. The molecule has 0 bridgehead atoms. The van der Waals surface area contributed by atoms with Gasteiger partial charge in [-0.05, 0) is 75.9 Å². The van der Waals surface area contributed by atoms with E-state index in [1.54, 1.807) is 32.7 Å². The molecule has 2 aromatic carbocycles. The summed E-state index contributed by atoms with van der Waals surface area (Å²) in [6, 6.07) is 12.6. The highest BCUT2D eigenvalue weighted by Gasteiger charge is 2.47. The highest BCUT2D eigenvalue weighted by molar-refractivity contribution is 5.95. The van der Waals surface area contributed by atoms with Crippen molar-refractivity contribution < 1.29 is 27.5 Å². The Morgan fingerprint density at radius 1 is 1.02 bits per heavy atom. The number of amides is 2. The molecule has 4 aromatic rings. The summed E-state index contributed by atoms with van der Waals surface area (Å²) in [5.74, 6) is -0.738. The molecule has 10 nitrogen and oxygen atoms in total. The van der Waals surface area contributed by atoms with Gasteiger partial charge < -0.3 is 14.5 Å². The zero-order valence-electron chi connectivity index (χ0n) is 27.8. The smallest absolute Gasteiger partial charge is 0.365 e. The number of hydrogen-bond acceptors (Lipinski definition) is 6. The van der Waals surface area contributed by atoms with Crippen LogP contribution in [0.3, 0.4) is 0 Å². The molecule has 2 saturated heterocycles. The molecule has 2 unspecified atom stereocenters.